The van der Waals surface area contributed by atoms with Crippen LogP contribution in [0.3, 0.4) is 0 Å². The molecule has 0 atom stereocenters. The zero-order valence-electron chi connectivity index (χ0n) is 14.3. The Bertz CT molecular complexity index is 919. The van der Waals surface area contributed by atoms with Gasteiger partial charge >= 0.3 is 0 Å². The van der Waals surface area contributed by atoms with E-state index in [4.69, 9.17) is 11.6 Å². The van der Waals surface area contributed by atoms with Crippen molar-refractivity contribution in [1.29, 1.82) is 0 Å². The van der Waals surface area contributed by atoms with Crippen molar-refractivity contribution in [2.24, 2.45) is 0 Å². The predicted octanol–water partition coefficient (Wildman–Crippen LogP) is 4.03. The lowest BCUT2D eigenvalue weighted by Gasteiger charge is -2.17. The molecule has 0 aliphatic carbocycles. The van der Waals surface area contributed by atoms with Gasteiger partial charge in [0.15, 0.2) is 0 Å². The van der Waals surface area contributed by atoms with Crippen LogP contribution in [0.4, 0.5) is 0 Å². The van der Waals surface area contributed by atoms with Gasteiger partial charge in [-0.05, 0) is 37.2 Å². The van der Waals surface area contributed by atoms with Gasteiger partial charge in [-0.3, -0.25) is 9.69 Å². The maximum Gasteiger partial charge on any atom is 0.251 e. The summed E-state index contributed by atoms with van der Waals surface area (Å²) < 4.78 is 0. The highest BCUT2D eigenvalue weighted by atomic mass is 35.5. The molecule has 0 saturated carbocycles. The zero-order chi connectivity index (χ0) is 17.8. The molecule has 0 amide bonds. The Morgan fingerprint density at radius 2 is 1.76 bits per heavy atom. The molecule has 2 aromatic carbocycles. The van der Waals surface area contributed by atoms with Gasteiger partial charge in [0.1, 0.15) is 5.82 Å². The molecular weight excluding hydrogens is 334 g/mol. The molecular formula is C20H20ClN3O. The van der Waals surface area contributed by atoms with Crippen molar-refractivity contribution < 1.29 is 0 Å². The molecule has 1 N–H and O–H groups in total. The summed E-state index contributed by atoms with van der Waals surface area (Å²) in [5, 5.41) is 0.759. The second-order valence-electron chi connectivity index (χ2n) is 6.23. The number of aromatic amines is 1. The van der Waals surface area contributed by atoms with Crippen molar-refractivity contribution in [3.05, 3.63) is 86.8 Å². The van der Waals surface area contributed by atoms with Crippen LogP contribution >= 0.6 is 11.6 Å². The summed E-state index contributed by atoms with van der Waals surface area (Å²) in [5.41, 5.74) is 3.87. The Labute approximate surface area is 152 Å². The second-order valence-corrected chi connectivity index (χ2v) is 6.67. The van der Waals surface area contributed by atoms with E-state index in [1.807, 2.05) is 37.3 Å². The van der Waals surface area contributed by atoms with Crippen LogP contribution < -0.4 is 5.56 Å². The Morgan fingerprint density at radius 1 is 1.04 bits per heavy atom. The third-order valence-corrected chi connectivity index (χ3v) is 4.13. The largest absolute Gasteiger partial charge is 0.307 e. The lowest BCUT2D eigenvalue weighted by molar-refractivity contribution is 0.319. The monoisotopic (exact) mass is 353 g/mol. The first-order chi connectivity index (χ1) is 12.0. The van der Waals surface area contributed by atoms with Gasteiger partial charge in [-0.25, -0.2) is 4.98 Å². The fraction of sp³-hybridized carbons (Fsp3) is 0.200. The average molecular weight is 354 g/mol. The van der Waals surface area contributed by atoms with Crippen LogP contribution in [0.25, 0.3) is 11.4 Å². The van der Waals surface area contributed by atoms with Crippen LogP contribution in [0.2, 0.25) is 5.02 Å². The van der Waals surface area contributed by atoms with Gasteiger partial charge in [0.2, 0.25) is 0 Å². The highest BCUT2D eigenvalue weighted by Gasteiger charge is 2.05. The standard InChI is InChI=1S/C20H20ClN3O/c1-14-10-19(25)23-20(22-14)17-8-6-15(7-9-17)12-24(2)13-16-4-3-5-18(21)11-16/h3-11H,12-13H2,1-2H3,(H,22,23,25). The predicted molar refractivity (Wildman–Crippen MR) is 102 cm³/mol. The second kappa shape index (κ2) is 7.64. The minimum absolute atomic E-state index is 0.132. The summed E-state index contributed by atoms with van der Waals surface area (Å²) in [6.45, 7) is 3.47. The number of aromatic nitrogens is 2. The molecule has 3 rings (SSSR count). The van der Waals surface area contributed by atoms with Gasteiger partial charge in [0.25, 0.3) is 5.56 Å². The van der Waals surface area contributed by atoms with Crippen molar-refractivity contribution in [1.82, 2.24) is 14.9 Å². The number of rotatable bonds is 5. The molecule has 0 fully saturated rings. The van der Waals surface area contributed by atoms with Crippen LogP contribution in [0.15, 0.2) is 59.4 Å². The zero-order valence-corrected chi connectivity index (χ0v) is 15.0. The molecule has 5 heteroatoms. The number of aryl methyl sites for hydroxylation is 1. The summed E-state index contributed by atoms with van der Waals surface area (Å²) in [4.78, 5) is 21.0. The summed E-state index contributed by atoms with van der Waals surface area (Å²) >= 11 is 6.04. The number of H-pyrrole nitrogens is 1. The van der Waals surface area contributed by atoms with Crippen LogP contribution in [-0.2, 0) is 13.1 Å². The number of nitrogens with zero attached hydrogens (tertiary/aromatic N) is 2. The molecule has 0 aliphatic heterocycles. The fourth-order valence-corrected chi connectivity index (χ4v) is 3.01. The van der Waals surface area contributed by atoms with Crippen molar-refractivity contribution in [2.75, 3.05) is 7.05 Å². The molecule has 0 bridgehead atoms. The molecule has 1 aromatic heterocycles. The van der Waals surface area contributed by atoms with Gasteiger partial charge in [0.05, 0.1) is 0 Å². The first-order valence-electron chi connectivity index (χ1n) is 8.10. The third-order valence-electron chi connectivity index (χ3n) is 3.89. The minimum Gasteiger partial charge on any atom is -0.307 e. The van der Waals surface area contributed by atoms with E-state index in [-0.39, 0.29) is 5.56 Å². The van der Waals surface area contributed by atoms with Crippen LogP contribution in [0.5, 0.6) is 0 Å². The molecule has 0 aliphatic rings. The Balaban J connectivity index is 1.69. The Kier molecular flexibility index (Phi) is 5.31. The molecule has 0 spiro atoms. The van der Waals surface area contributed by atoms with Crippen LogP contribution in [0, 0.1) is 6.92 Å². The first-order valence-corrected chi connectivity index (χ1v) is 8.48. The SMILES string of the molecule is Cc1cc(=O)[nH]c(-c2ccc(CN(C)Cc3cccc(Cl)c3)cc2)n1. The Morgan fingerprint density at radius 3 is 2.44 bits per heavy atom. The smallest absolute Gasteiger partial charge is 0.251 e. The van der Waals surface area contributed by atoms with E-state index < -0.39 is 0 Å². The number of benzene rings is 2. The topological polar surface area (TPSA) is 49.0 Å². The summed E-state index contributed by atoms with van der Waals surface area (Å²) in [6, 6.07) is 17.5. The number of halogens is 1. The molecule has 0 saturated heterocycles. The fourth-order valence-electron chi connectivity index (χ4n) is 2.80. The molecule has 1 heterocycles. The molecule has 3 aromatic rings. The summed E-state index contributed by atoms with van der Waals surface area (Å²) in [7, 11) is 2.08. The van der Waals surface area contributed by atoms with Crippen molar-refractivity contribution >= 4 is 11.6 Å². The van der Waals surface area contributed by atoms with Gasteiger partial charge in [0, 0.05) is 35.4 Å². The minimum atomic E-state index is -0.132. The highest BCUT2D eigenvalue weighted by molar-refractivity contribution is 6.30. The van der Waals surface area contributed by atoms with E-state index in [0.29, 0.717) is 11.5 Å². The van der Waals surface area contributed by atoms with E-state index in [2.05, 4.69) is 40.1 Å². The highest BCUT2D eigenvalue weighted by Crippen LogP contribution is 2.17. The number of hydrogen-bond acceptors (Lipinski definition) is 3. The molecule has 4 nitrogen and oxygen atoms in total. The maximum atomic E-state index is 11.6. The lowest BCUT2D eigenvalue weighted by atomic mass is 10.1. The number of hydrogen-bond donors (Lipinski definition) is 1. The van der Waals surface area contributed by atoms with E-state index >= 15 is 0 Å². The molecule has 128 valence electrons. The quantitative estimate of drug-likeness (QED) is 0.753. The van der Waals surface area contributed by atoms with E-state index in [9.17, 15) is 4.79 Å². The van der Waals surface area contributed by atoms with E-state index in [1.54, 1.807) is 0 Å². The summed E-state index contributed by atoms with van der Waals surface area (Å²) in [5.74, 6) is 0.601. The van der Waals surface area contributed by atoms with Gasteiger partial charge in [-0.2, -0.15) is 0 Å². The van der Waals surface area contributed by atoms with Crippen molar-refractivity contribution in [3.8, 4) is 11.4 Å². The van der Waals surface area contributed by atoms with Crippen molar-refractivity contribution in [3.63, 3.8) is 0 Å². The van der Waals surface area contributed by atoms with Crippen LogP contribution in [-0.4, -0.2) is 21.9 Å². The average Bonchev–Trinajstić information content (AvgIpc) is 2.54. The normalized spacial score (nSPS) is 11.0. The van der Waals surface area contributed by atoms with Gasteiger partial charge < -0.3 is 4.98 Å². The van der Waals surface area contributed by atoms with Crippen LogP contribution in [0.1, 0.15) is 16.8 Å². The lowest BCUT2D eigenvalue weighted by Crippen LogP contribution is -2.17. The summed E-state index contributed by atoms with van der Waals surface area (Å²) in [6.07, 6.45) is 0. The van der Waals surface area contributed by atoms with Gasteiger partial charge in [-0.1, -0.05) is 48.0 Å². The molecule has 0 unspecified atom stereocenters. The van der Waals surface area contributed by atoms with Crippen molar-refractivity contribution in [2.45, 2.75) is 20.0 Å². The molecule has 25 heavy (non-hydrogen) atoms. The number of nitrogens with one attached hydrogen (secondary N) is 1. The third kappa shape index (κ3) is 4.78. The van der Waals surface area contributed by atoms with Gasteiger partial charge in [-0.15, -0.1) is 0 Å². The van der Waals surface area contributed by atoms with E-state index in [1.165, 1.54) is 17.2 Å². The molecule has 0 radical (unpaired) electrons. The maximum absolute atomic E-state index is 11.6. The Hall–Kier alpha value is -2.43. The first kappa shape index (κ1) is 17.4. The van der Waals surface area contributed by atoms with E-state index in [0.717, 1.165) is 23.7 Å².